The number of nitrogens with zero attached hydrogens (tertiary/aromatic N) is 2. The summed E-state index contributed by atoms with van der Waals surface area (Å²) in [6.45, 7) is 2.15. The third-order valence-electron chi connectivity index (χ3n) is 2.17. The molecule has 3 nitrogen and oxygen atoms in total. The molecule has 0 saturated carbocycles. The summed E-state index contributed by atoms with van der Waals surface area (Å²) in [7, 11) is 0. The van der Waals surface area contributed by atoms with Crippen LogP contribution in [0.1, 0.15) is 6.92 Å². The van der Waals surface area contributed by atoms with Crippen molar-refractivity contribution in [2.75, 3.05) is 11.5 Å². The fourth-order valence-electron chi connectivity index (χ4n) is 1.40. The third-order valence-corrected chi connectivity index (χ3v) is 3.06. The van der Waals surface area contributed by atoms with E-state index < -0.39 is 0 Å². The van der Waals surface area contributed by atoms with E-state index in [9.17, 15) is 0 Å². The van der Waals surface area contributed by atoms with Crippen molar-refractivity contribution in [3.8, 4) is 11.1 Å². The number of aromatic nitrogens is 2. The Bertz CT molecular complexity index is 451. The molecule has 16 heavy (non-hydrogen) atoms. The molecule has 0 amide bonds. The zero-order valence-electron chi connectivity index (χ0n) is 9.05. The summed E-state index contributed by atoms with van der Waals surface area (Å²) in [6, 6.07) is 8.37. The maximum atomic E-state index is 5.44. The van der Waals surface area contributed by atoms with Crippen LogP contribution in [0, 0.1) is 0 Å². The van der Waals surface area contributed by atoms with Crippen molar-refractivity contribution in [1.82, 2.24) is 9.97 Å². The number of hydrogen-bond donors (Lipinski definition) is 1. The monoisotopic (exact) mass is 231 g/mol. The zero-order chi connectivity index (χ0) is 11.4. The van der Waals surface area contributed by atoms with Gasteiger partial charge < -0.3 is 5.73 Å². The molecule has 0 unspecified atom stereocenters. The first-order chi connectivity index (χ1) is 7.79. The van der Waals surface area contributed by atoms with Crippen molar-refractivity contribution in [3.63, 3.8) is 0 Å². The van der Waals surface area contributed by atoms with Crippen LogP contribution >= 0.6 is 11.8 Å². The number of hydrogen-bond acceptors (Lipinski definition) is 4. The second-order valence-corrected chi connectivity index (χ2v) is 4.62. The highest BCUT2D eigenvalue weighted by atomic mass is 32.2. The zero-order valence-corrected chi connectivity index (χ0v) is 9.87. The van der Waals surface area contributed by atoms with Crippen molar-refractivity contribution in [1.29, 1.82) is 0 Å². The molecule has 4 heteroatoms. The lowest BCUT2D eigenvalue weighted by atomic mass is 10.1. The first-order valence-corrected chi connectivity index (χ1v) is 6.09. The minimum atomic E-state index is 0.307. The Kier molecular flexibility index (Phi) is 3.41. The molecule has 2 aromatic rings. The van der Waals surface area contributed by atoms with E-state index in [4.69, 9.17) is 5.73 Å². The van der Waals surface area contributed by atoms with Crippen LogP contribution in [0.2, 0.25) is 0 Å². The van der Waals surface area contributed by atoms with Gasteiger partial charge in [-0.25, -0.2) is 9.97 Å². The summed E-state index contributed by atoms with van der Waals surface area (Å²) in [5.41, 5.74) is 7.54. The standard InChI is InChI=1S/C12H13N3S/c1-2-16-11-5-3-9(4-6-11)10-7-14-12(13)15-8-10/h3-8H,2H2,1H3,(H2,13,14,15). The molecule has 0 aliphatic heterocycles. The van der Waals surface area contributed by atoms with E-state index in [0.29, 0.717) is 5.95 Å². The van der Waals surface area contributed by atoms with Gasteiger partial charge in [0.1, 0.15) is 0 Å². The Morgan fingerprint density at radius 1 is 1.06 bits per heavy atom. The first-order valence-electron chi connectivity index (χ1n) is 5.10. The molecular formula is C12H13N3S. The number of anilines is 1. The first kappa shape index (κ1) is 11.0. The summed E-state index contributed by atoms with van der Waals surface area (Å²) in [5, 5.41) is 0. The van der Waals surface area contributed by atoms with Crippen LogP contribution in [-0.4, -0.2) is 15.7 Å². The smallest absolute Gasteiger partial charge is 0.219 e. The van der Waals surface area contributed by atoms with Gasteiger partial charge in [0.25, 0.3) is 0 Å². The average Bonchev–Trinajstić information content (AvgIpc) is 2.32. The molecular weight excluding hydrogens is 218 g/mol. The highest BCUT2D eigenvalue weighted by molar-refractivity contribution is 7.99. The lowest BCUT2D eigenvalue weighted by Gasteiger charge is -2.02. The van der Waals surface area contributed by atoms with Gasteiger partial charge in [-0.15, -0.1) is 11.8 Å². The van der Waals surface area contributed by atoms with Gasteiger partial charge in [0.05, 0.1) is 0 Å². The Morgan fingerprint density at radius 3 is 2.25 bits per heavy atom. The second-order valence-electron chi connectivity index (χ2n) is 3.29. The topological polar surface area (TPSA) is 51.8 Å². The van der Waals surface area contributed by atoms with Crippen LogP contribution in [0.4, 0.5) is 5.95 Å². The van der Waals surface area contributed by atoms with Crippen LogP contribution < -0.4 is 5.73 Å². The fourth-order valence-corrected chi connectivity index (χ4v) is 2.06. The average molecular weight is 231 g/mol. The van der Waals surface area contributed by atoms with E-state index in [1.165, 1.54) is 4.90 Å². The summed E-state index contributed by atoms with van der Waals surface area (Å²) in [5.74, 6) is 1.39. The molecule has 1 aromatic heterocycles. The van der Waals surface area contributed by atoms with Gasteiger partial charge in [0.15, 0.2) is 0 Å². The molecule has 82 valence electrons. The van der Waals surface area contributed by atoms with E-state index >= 15 is 0 Å². The minimum absolute atomic E-state index is 0.307. The molecule has 0 fully saturated rings. The highest BCUT2D eigenvalue weighted by Crippen LogP contribution is 2.23. The normalized spacial score (nSPS) is 10.3. The van der Waals surface area contributed by atoms with Crippen molar-refractivity contribution in [2.24, 2.45) is 0 Å². The Morgan fingerprint density at radius 2 is 1.69 bits per heavy atom. The second kappa shape index (κ2) is 4.99. The van der Waals surface area contributed by atoms with E-state index in [1.54, 1.807) is 12.4 Å². The van der Waals surface area contributed by atoms with Gasteiger partial charge in [-0.3, -0.25) is 0 Å². The molecule has 1 heterocycles. The van der Waals surface area contributed by atoms with Crippen LogP contribution in [0.25, 0.3) is 11.1 Å². The minimum Gasteiger partial charge on any atom is -0.368 e. The number of nitrogens with two attached hydrogens (primary N) is 1. The predicted molar refractivity (Wildman–Crippen MR) is 68.3 cm³/mol. The van der Waals surface area contributed by atoms with E-state index in [-0.39, 0.29) is 0 Å². The molecule has 0 aliphatic rings. The van der Waals surface area contributed by atoms with Crippen molar-refractivity contribution in [3.05, 3.63) is 36.7 Å². The van der Waals surface area contributed by atoms with Gasteiger partial charge in [-0.05, 0) is 23.4 Å². The number of benzene rings is 1. The van der Waals surface area contributed by atoms with Crippen molar-refractivity contribution >= 4 is 17.7 Å². The maximum absolute atomic E-state index is 5.44. The van der Waals surface area contributed by atoms with Crippen molar-refractivity contribution in [2.45, 2.75) is 11.8 Å². The largest absolute Gasteiger partial charge is 0.368 e. The van der Waals surface area contributed by atoms with Crippen LogP contribution in [0.3, 0.4) is 0 Å². The number of thioether (sulfide) groups is 1. The summed E-state index contributed by atoms with van der Waals surface area (Å²) < 4.78 is 0. The Balaban J connectivity index is 2.24. The van der Waals surface area contributed by atoms with Crippen molar-refractivity contribution < 1.29 is 0 Å². The van der Waals surface area contributed by atoms with Gasteiger partial charge in [-0.2, -0.15) is 0 Å². The lowest BCUT2D eigenvalue weighted by Crippen LogP contribution is -1.93. The number of rotatable bonds is 3. The fraction of sp³-hybridized carbons (Fsp3) is 0.167. The third kappa shape index (κ3) is 2.52. The lowest BCUT2D eigenvalue weighted by molar-refractivity contribution is 1.19. The molecule has 2 rings (SSSR count). The van der Waals surface area contributed by atoms with Gasteiger partial charge in [0.2, 0.25) is 5.95 Å². The number of nitrogen functional groups attached to an aromatic ring is 1. The molecule has 0 atom stereocenters. The van der Waals surface area contributed by atoms with Gasteiger partial charge in [0, 0.05) is 22.9 Å². The van der Waals surface area contributed by atoms with Crippen LogP contribution in [-0.2, 0) is 0 Å². The summed E-state index contributed by atoms with van der Waals surface area (Å²) in [4.78, 5) is 9.23. The SMILES string of the molecule is CCSc1ccc(-c2cnc(N)nc2)cc1. The molecule has 0 saturated heterocycles. The molecule has 0 aliphatic carbocycles. The highest BCUT2D eigenvalue weighted by Gasteiger charge is 1.99. The Labute approximate surface area is 99.1 Å². The summed E-state index contributed by atoms with van der Waals surface area (Å²) in [6.07, 6.45) is 3.48. The molecule has 0 spiro atoms. The van der Waals surface area contributed by atoms with Gasteiger partial charge in [-0.1, -0.05) is 19.1 Å². The predicted octanol–water partition coefficient (Wildman–Crippen LogP) is 2.84. The maximum Gasteiger partial charge on any atom is 0.219 e. The van der Waals surface area contributed by atoms with E-state index in [1.807, 2.05) is 11.8 Å². The van der Waals surface area contributed by atoms with Crippen LogP contribution in [0.5, 0.6) is 0 Å². The van der Waals surface area contributed by atoms with E-state index in [0.717, 1.165) is 16.9 Å². The van der Waals surface area contributed by atoms with E-state index in [2.05, 4.69) is 41.2 Å². The molecule has 0 radical (unpaired) electrons. The molecule has 0 bridgehead atoms. The van der Waals surface area contributed by atoms with Crippen LogP contribution in [0.15, 0.2) is 41.6 Å². The quantitative estimate of drug-likeness (QED) is 0.825. The molecule has 2 N–H and O–H groups in total. The Hall–Kier alpha value is -1.55. The summed E-state index contributed by atoms with van der Waals surface area (Å²) >= 11 is 1.83. The van der Waals surface area contributed by atoms with Gasteiger partial charge >= 0.3 is 0 Å². The molecule has 1 aromatic carbocycles.